The molecule has 1 N–H and O–H groups in total. The Balaban J connectivity index is 1.37. The molecule has 154 valence electrons. The van der Waals surface area contributed by atoms with E-state index in [1.807, 2.05) is 36.9 Å². The van der Waals surface area contributed by atoms with Crippen molar-refractivity contribution in [3.8, 4) is 11.8 Å². The molecule has 0 spiro atoms. The smallest absolute Gasteiger partial charge is 0.229 e. The van der Waals surface area contributed by atoms with Gasteiger partial charge >= 0.3 is 0 Å². The van der Waals surface area contributed by atoms with Crippen LogP contribution in [0.3, 0.4) is 0 Å². The van der Waals surface area contributed by atoms with E-state index in [0.717, 1.165) is 36.2 Å². The quantitative estimate of drug-likeness (QED) is 0.801. The number of hydrogen-bond acceptors (Lipinski definition) is 4. The van der Waals surface area contributed by atoms with Crippen molar-refractivity contribution in [1.82, 2.24) is 14.9 Å². The summed E-state index contributed by atoms with van der Waals surface area (Å²) in [5, 5.41) is 2.87. The molecular formula is C24H26N4O2. The average molecular weight is 402 g/mol. The van der Waals surface area contributed by atoms with Crippen LogP contribution in [0.15, 0.2) is 36.7 Å². The first-order valence-corrected chi connectivity index (χ1v) is 10.4. The molecule has 6 heteroatoms. The number of pyridine rings is 2. The average Bonchev–Trinajstić information content (AvgIpc) is 3.15. The lowest BCUT2D eigenvalue weighted by molar-refractivity contribution is -0.143. The molecule has 0 aromatic carbocycles. The predicted octanol–water partition coefficient (Wildman–Crippen LogP) is 2.83. The molecule has 2 aliphatic rings. The van der Waals surface area contributed by atoms with Crippen LogP contribution in [0.1, 0.15) is 43.5 Å². The summed E-state index contributed by atoms with van der Waals surface area (Å²) >= 11 is 0. The van der Waals surface area contributed by atoms with E-state index in [9.17, 15) is 9.59 Å². The second-order valence-corrected chi connectivity index (χ2v) is 8.66. The number of aromatic nitrogens is 2. The number of amides is 2. The summed E-state index contributed by atoms with van der Waals surface area (Å²) in [6, 6.07) is 7.46. The lowest BCUT2D eigenvalue weighted by Gasteiger charge is -2.36. The van der Waals surface area contributed by atoms with Crippen LogP contribution in [0.2, 0.25) is 0 Å². The van der Waals surface area contributed by atoms with Gasteiger partial charge in [-0.1, -0.05) is 31.8 Å². The van der Waals surface area contributed by atoms with Gasteiger partial charge in [0.1, 0.15) is 5.82 Å². The summed E-state index contributed by atoms with van der Waals surface area (Å²) in [4.78, 5) is 35.5. The van der Waals surface area contributed by atoms with Gasteiger partial charge in [0.05, 0.1) is 6.54 Å². The summed E-state index contributed by atoms with van der Waals surface area (Å²) in [5.74, 6) is 6.82. The van der Waals surface area contributed by atoms with Crippen LogP contribution < -0.4 is 5.32 Å². The molecule has 30 heavy (non-hydrogen) atoms. The van der Waals surface area contributed by atoms with Crippen LogP contribution in [0.4, 0.5) is 5.82 Å². The standard InChI is InChI=1S/C24H26N4O2/c1-24(2)9-6-12-28(23(24)30)11-5-7-17-13-18-14-19(15-20(18)26-16-17)22(29)27-21-8-3-4-10-25-21/h3-4,8,10,13,16,19H,6,9,11-12,14-15H2,1-2H3,(H,25,27,29). The Kier molecular flexibility index (Phi) is 5.54. The third-order valence-corrected chi connectivity index (χ3v) is 5.85. The van der Waals surface area contributed by atoms with E-state index in [-0.39, 0.29) is 23.1 Å². The largest absolute Gasteiger partial charge is 0.331 e. The Bertz CT molecular complexity index is 1020. The lowest BCUT2D eigenvalue weighted by Crippen LogP contribution is -2.45. The van der Waals surface area contributed by atoms with E-state index in [4.69, 9.17) is 0 Å². The fourth-order valence-corrected chi connectivity index (χ4v) is 4.13. The second kappa shape index (κ2) is 8.27. The molecule has 2 aromatic heterocycles. The molecule has 0 saturated carbocycles. The van der Waals surface area contributed by atoms with Gasteiger partial charge in [0.25, 0.3) is 0 Å². The highest BCUT2D eigenvalue weighted by atomic mass is 16.2. The third kappa shape index (κ3) is 4.35. The van der Waals surface area contributed by atoms with Crippen molar-refractivity contribution in [3.05, 3.63) is 53.5 Å². The van der Waals surface area contributed by atoms with Crippen LogP contribution in [-0.2, 0) is 22.4 Å². The number of nitrogens with zero attached hydrogens (tertiary/aromatic N) is 3. The molecule has 2 aromatic rings. The van der Waals surface area contributed by atoms with Crippen LogP contribution in [-0.4, -0.2) is 39.8 Å². The maximum absolute atomic E-state index is 12.6. The molecule has 6 nitrogen and oxygen atoms in total. The van der Waals surface area contributed by atoms with Gasteiger partial charge in [-0.15, -0.1) is 0 Å². The van der Waals surface area contributed by atoms with E-state index in [1.54, 1.807) is 18.5 Å². The lowest BCUT2D eigenvalue weighted by atomic mass is 9.83. The van der Waals surface area contributed by atoms with Gasteiger partial charge in [0, 0.05) is 47.9 Å². The van der Waals surface area contributed by atoms with Crippen molar-refractivity contribution in [2.45, 2.75) is 39.5 Å². The molecule has 1 unspecified atom stereocenters. The highest BCUT2D eigenvalue weighted by molar-refractivity contribution is 5.92. The summed E-state index contributed by atoms with van der Waals surface area (Å²) in [5.41, 5.74) is 2.55. The van der Waals surface area contributed by atoms with Gasteiger partial charge in [0.15, 0.2) is 0 Å². The fourth-order valence-electron chi connectivity index (χ4n) is 4.13. The molecule has 1 atom stereocenters. The Morgan fingerprint density at radius 3 is 2.97 bits per heavy atom. The molecule has 1 saturated heterocycles. The van der Waals surface area contributed by atoms with Gasteiger partial charge in [-0.3, -0.25) is 14.6 Å². The highest BCUT2D eigenvalue weighted by Gasteiger charge is 2.35. The maximum Gasteiger partial charge on any atom is 0.229 e. The molecule has 0 bridgehead atoms. The summed E-state index contributed by atoms with van der Waals surface area (Å²) in [7, 11) is 0. The Morgan fingerprint density at radius 1 is 1.30 bits per heavy atom. The zero-order valence-electron chi connectivity index (χ0n) is 17.4. The van der Waals surface area contributed by atoms with Crippen LogP contribution in [0, 0.1) is 23.2 Å². The first-order chi connectivity index (χ1) is 14.4. The van der Waals surface area contributed by atoms with E-state index in [0.29, 0.717) is 25.2 Å². The van der Waals surface area contributed by atoms with Crippen molar-refractivity contribution in [2.75, 3.05) is 18.4 Å². The van der Waals surface area contributed by atoms with Crippen LogP contribution in [0.5, 0.6) is 0 Å². The van der Waals surface area contributed by atoms with E-state index < -0.39 is 0 Å². The fraction of sp³-hybridized carbons (Fsp3) is 0.417. The zero-order chi connectivity index (χ0) is 21.1. The number of carbonyl (C=O) groups excluding carboxylic acids is 2. The van der Waals surface area contributed by atoms with Crippen molar-refractivity contribution in [1.29, 1.82) is 0 Å². The number of carbonyl (C=O) groups is 2. The number of piperidine rings is 1. The highest BCUT2D eigenvalue weighted by Crippen LogP contribution is 2.29. The van der Waals surface area contributed by atoms with E-state index >= 15 is 0 Å². The summed E-state index contributed by atoms with van der Waals surface area (Å²) in [6.07, 6.45) is 6.63. The topological polar surface area (TPSA) is 75.2 Å². The molecule has 1 aliphatic carbocycles. The minimum atomic E-state index is -0.292. The van der Waals surface area contributed by atoms with Crippen molar-refractivity contribution in [3.63, 3.8) is 0 Å². The molecular weight excluding hydrogens is 376 g/mol. The summed E-state index contributed by atoms with van der Waals surface area (Å²) in [6.45, 7) is 5.21. The Hall–Kier alpha value is -3.20. The van der Waals surface area contributed by atoms with Crippen LogP contribution >= 0.6 is 0 Å². The maximum atomic E-state index is 12.6. The molecule has 0 radical (unpaired) electrons. The normalized spacial score (nSPS) is 19.6. The number of nitrogens with one attached hydrogen (secondary N) is 1. The Morgan fingerprint density at radius 2 is 2.17 bits per heavy atom. The molecule has 4 rings (SSSR count). The van der Waals surface area contributed by atoms with Gasteiger partial charge in [0.2, 0.25) is 11.8 Å². The number of anilines is 1. The monoisotopic (exact) mass is 402 g/mol. The van der Waals surface area contributed by atoms with E-state index in [1.165, 1.54) is 0 Å². The first-order valence-electron chi connectivity index (χ1n) is 10.4. The first kappa shape index (κ1) is 20.1. The zero-order valence-corrected chi connectivity index (χ0v) is 17.4. The van der Waals surface area contributed by atoms with Crippen LogP contribution in [0.25, 0.3) is 0 Å². The van der Waals surface area contributed by atoms with Gasteiger partial charge in [-0.05, 0) is 43.0 Å². The molecule has 1 fully saturated rings. The van der Waals surface area contributed by atoms with Crippen molar-refractivity contribution in [2.24, 2.45) is 11.3 Å². The predicted molar refractivity (Wildman–Crippen MR) is 114 cm³/mol. The number of rotatable bonds is 3. The molecule has 2 amide bonds. The Labute approximate surface area is 177 Å². The third-order valence-electron chi connectivity index (χ3n) is 5.85. The van der Waals surface area contributed by atoms with Gasteiger partial charge in [-0.25, -0.2) is 4.98 Å². The minimum absolute atomic E-state index is 0.0365. The molecule has 3 heterocycles. The minimum Gasteiger partial charge on any atom is -0.331 e. The van der Waals surface area contributed by atoms with E-state index in [2.05, 4.69) is 27.1 Å². The number of hydrogen-bond donors (Lipinski definition) is 1. The second-order valence-electron chi connectivity index (χ2n) is 8.66. The van der Waals surface area contributed by atoms with Crippen molar-refractivity contribution >= 4 is 17.6 Å². The SMILES string of the molecule is CC1(C)CCCN(CC#Cc2cnc3c(c2)CC(C(=O)Nc2ccccn2)C3)C1=O. The van der Waals surface area contributed by atoms with Gasteiger partial charge in [-0.2, -0.15) is 0 Å². The van der Waals surface area contributed by atoms with Crippen molar-refractivity contribution < 1.29 is 9.59 Å². The molecule has 1 aliphatic heterocycles. The number of fused-ring (bicyclic) bond motifs is 1. The van der Waals surface area contributed by atoms with Gasteiger partial charge < -0.3 is 10.2 Å². The summed E-state index contributed by atoms with van der Waals surface area (Å²) < 4.78 is 0. The number of likely N-dealkylation sites (tertiary alicyclic amines) is 1.